The molecule has 1 rings (SSSR count). The maximum Gasteiger partial charge on any atom is 0.414 e. The van der Waals surface area contributed by atoms with Crippen molar-refractivity contribution in [3.8, 4) is 0 Å². The van der Waals surface area contributed by atoms with Crippen LogP contribution in [0, 0.1) is 5.41 Å². The molecule has 4 nitrogen and oxygen atoms in total. The van der Waals surface area contributed by atoms with E-state index < -0.39 is 11.7 Å². The average Bonchev–Trinajstić information content (AvgIpc) is 2.43. The summed E-state index contributed by atoms with van der Waals surface area (Å²) < 4.78 is 5.58. The van der Waals surface area contributed by atoms with E-state index in [2.05, 4.69) is 19.2 Å². The van der Waals surface area contributed by atoms with Crippen molar-refractivity contribution >= 4 is 11.9 Å². The molecular formula is C21H33NO3. The van der Waals surface area contributed by atoms with Crippen LogP contribution in [-0.2, 0) is 9.53 Å². The molecule has 0 radical (unpaired) electrons. The first-order valence-corrected chi connectivity index (χ1v) is 9.09. The fourth-order valence-corrected chi connectivity index (χ4v) is 2.89. The van der Waals surface area contributed by atoms with E-state index in [9.17, 15) is 9.59 Å². The van der Waals surface area contributed by atoms with Crippen molar-refractivity contribution in [2.75, 3.05) is 6.54 Å². The first-order valence-electron chi connectivity index (χ1n) is 9.09. The van der Waals surface area contributed by atoms with E-state index in [-0.39, 0.29) is 11.2 Å². The van der Waals surface area contributed by atoms with Crippen LogP contribution < -0.4 is 0 Å². The predicted octanol–water partition coefficient (Wildman–Crippen LogP) is 5.40. The number of hydrogen-bond donors (Lipinski definition) is 0. The lowest BCUT2D eigenvalue weighted by Gasteiger charge is -2.35. The molecule has 0 aromatic carbocycles. The van der Waals surface area contributed by atoms with E-state index in [0.29, 0.717) is 19.4 Å². The number of allylic oxidation sites excluding steroid dienone is 2. The lowest BCUT2D eigenvalue weighted by Crippen LogP contribution is -2.40. The zero-order valence-electron chi connectivity index (χ0n) is 16.7. The molecule has 0 aliphatic heterocycles. The van der Waals surface area contributed by atoms with Crippen LogP contribution >= 0.6 is 0 Å². The molecule has 0 fully saturated rings. The second-order valence-electron chi connectivity index (χ2n) is 8.57. The number of nitrogens with zero attached hydrogens (tertiary/aromatic N) is 1. The molecule has 0 heterocycles. The van der Waals surface area contributed by atoms with Crippen LogP contribution in [0.1, 0.15) is 73.6 Å². The Morgan fingerprint density at radius 3 is 2.48 bits per heavy atom. The van der Waals surface area contributed by atoms with Crippen LogP contribution in [0.15, 0.2) is 29.7 Å². The Morgan fingerprint density at radius 1 is 1.36 bits per heavy atom. The van der Waals surface area contributed by atoms with E-state index >= 15 is 0 Å². The van der Waals surface area contributed by atoms with Gasteiger partial charge in [-0.1, -0.05) is 33.8 Å². The number of unbranched alkanes of at least 4 members (excludes halogenated alkanes) is 1. The van der Waals surface area contributed by atoms with Gasteiger partial charge in [-0.15, -0.1) is 5.73 Å². The summed E-state index contributed by atoms with van der Waals surface area (Å²) >= 11 is 0. The van der Waals surface area contributed by atoms with Gasteiger partial charge in [-0.25, -0.2) is 4.79 Å². The van der Waals surface area contributed by atoms with Gasteiger partial charge in [0.05, 0.1) is 6.54 Å². The summed E-state index contributed by atoms with van der Waals surface area (Å²) in [6.07, 6.45) is 5.25. The fourth-order valence-electron chi connectivity index (χ4n) is 2.89. The lowest BCUT2D eigenvalue weighted by molar-refractivity contribution is -0.117. The molecule has 0 aromatic rings. The summed E-state index contributed by atoms with van der Waals surface area (Å²) in [6, 6.07) is 0. The number of hydrogen-bond acceptors (Lipinski definition) is 3. The maximum absolute atomic E-state index is 12.8. The minimum absolute atomic E-state index is 0.0532. The second kappa shape index (κ2) is 8.53. The number of ketones is 1. The van der Waals surface area contributed by atoms with Gasteiger partial charge in [0, 0.05) is 18.2 Å². The quantitative estimate of drug-likeness (QED) is 0.605. The molecular weight excluding hydrogens is 314 g/mol. The van der Waals surface area contributed by atoms with E-state index in [1.165, 1.54) is 0 Å². The SMILES string of the molecule is C=C=C(CCCC)CN(C(=O)OC(C)(C)C)C1=CC(=O)CC(C)(C)C1. The third-order valence-electron chi connectivity index (χ3n) is 4.03. The molecule has 0 saturated carbocycles. The van der Waals surface area contributed by atoms with E-state index in [0.717, 1.165) is 30.5 Å². The molecule has 0 unspecified atom stereocenters. The Kier molecular flexibility index (Phi) is 7.25. The van der Waals surface area contributed by atoms with Gasteiger partial charge in [0.2, 0.25) is 0 Å². The third-order valence-corrected chi connectivity index (χ3v) is 4.03. The molecule has 1 aliphatic carbocycles. The first-order chi connectivity index (χ1) is 11.5. The van der Waals surface area contributed by atoms with Gasteiger partial charge in [-0.3, -0.25) is 9.69 Å². The minimum Gasteiger partial charge on any atom is -0.443 e. The molecule has 25 heavy (non-hydrogen) atoms. The number of amides is 1. The highest BCUT2D eigenvalue weighted by molar-refractivity contribution is 5.92. The number of ether oxygens (including phenoxy) is 1. The molecule has 1 amide bonds. The van der Waals surface area contributed by atoms with Crippen molar-refractivity contribution in [2.24, 2.45) is 5.41 Å². The zero-order chi connectivity index (χ0) is 19.3. The minimum atomic E-state index is -0.592. The highest BCUT2D eigenvalue weighted by atomic mass is 16.6. The molecule has 0 spiro atoms. The van der Waals surface area contributed by atoms with Gasteiger partial charge in [0.1, 0.15) is 5.60 Å². The van der Waals surface area contributed by atoms with E-state index in [1.807, 2.05) is 34.6 Å². The van der Waals surface area contributed by atoms with Crippen LogP contribution in [0.2, 0.25) is 0 Å². The van der Waals surface area contributed by atoms with E-state index in [4.69, 9.17) is 4.74 Å². The van der Waals surface area contributed by atoms with Crippen molar-refractivity contribution in [3.63, 3.8) is 0 Å². The van der Waals surface area contributed by atoms with Crippen LogP contribution in [0.5, 0.6) is 0 Å². The first kappa shape index (κ1) is 21.2. The topological polar surface area (TPSA) is 46.6 Å². The number of rotatable bonds is 6. The smallest absolute Gasteiger partial charge is 0.414 e. The van der Waals surface area contributed by atoms with Crippen LogP contribution in [0.3, 0.4) is 0 Å². The highest BCUT2D eigenvalue weighted by Gasteiger charge is 2.33. The summed E-state index contributed by atoms with van der Waals surface area (Å²) in [4.78, 5) is 26.5. The van der Waals surface area contributed by atoms with Crippen molar-refractivity contribution < 1.29 is 14.3 Å². The summed E-state index contributed by atoms with van der Waals surface area (Å²) in [5.74, 6) is 0.0532. The summed E-state index contributed by atoms with van der Waals surface area (Å²) in [5.41, 5.74) is 3.89. The Bertz CT molecular complexity index is 587. The fraction of sp³-hybridized carbons (Fsp3) is 0.667. The highest BCUT2D eigenvalue weighted by Crippen LogP contribution is 2.36. The Morgan fingerprint density at radius 2 is 2.00 bits per heavy atom. The van der Waals surface area contributed by atoms with Crippen LogP contribution in [0.4, 0.5) is 4.79 Å². The largest absolute Gasteiger partial charge is 0.443 e. The molecule has 1 aliphatic rings. The molecule has 140 valence electrons. The normalized spacial score (nSPS) is 16.7. The summed E-state index contributed by atoms with van der Waals surface area (Å²) in [6.45, 7) is 15.9. The predicted molar refractivity (Wildman–Crippen MR) is 101 cm³/mol. The number of carbonyl (C=O) groups excluding carboxylic acids is 2. The molecule has 4 heteroatoms. The summed E-state index contributed by atoms with van der Waals surface area (Å²) in [5, 5.41) is 0. The molecule has 0 N–H and O–H groups in total. The summed E-state index contributed by atoms with van der Waals surface area (Å²) in [7, 11) is 0. The standard InChI is InChI=1S/C21H33NO3/c1-8-10-11-16(9-2)15-22(19(24)25-20(3,4)5)17-12-18(23)14-21(6,7)13-17/h12H,2,8,10-11,13-15H2,1,3-7H3. The third kappa shape index (κ3) is 7.31. The van der Waals surface area contributed by atoms with Gasteiger partial charge >= 0.3 is 6.09 Å². The van der Waals surface area contributed by atoms with Crippen molar-refractivity contribution in [1.29, 1.82) is 0 Å². The number of carbonyl (C=O) groups is 2. The molecule has 0 aromatic heterocycles. The second-order valence-corrected chi connectivity index (χ2v) is 8.57. The maximum atomic E-state index is 12.8. The van der Waals surface area contributed by atoms with Crippen LogP contribution in [0.25, 0.3) is 0 Å². The molecule has 0 bridgehead atoms. The van der Waals surface area contributed by atoms with Gasteiger partial charge < -0.3 is 4.74 Å². The monoisotopic (exact) mass is 347 g/mol. The van der Waals surface area contributed by atoms with Gasteiger partial charge in [0.25, 0.3) is 0 Å². The van der Waals surface area contributed by atoms with Crippen molar-refractivity contribution in [2.45, 2.75) is 79.2 Å². The van der Waals surface area contributed by atoms with E-state index in [1.54, 1.807) is 11.0 Å². The van der Waals surface area contributed by atoms with Crippen molar-refractivity contribution in [1.82, 2.24) is 4.90 Å². The Hall–Kier alpha value is -1.80. The van der Waals surface area contributed by atoms with Gasteiger partial charge in [-0.2, -0.15) is 0 Å². The zero-order valence-corrected chi connectivity index (χ0v) is 16.7. The molecule has 0 atom stereocenters. The van der Waals surface area contributed by atoms with Crippen molar-refractivity contribution in [3.05, 3.63) is 29.7 Å². The van der Waals surface area contributed by atoms with Gasteiger partial charge in [0.15, 0.2) is 5.78 Å². The lowest BCUT2D eigenvalue weighted by atomic mass is 9.78. The Balaban J connectivity index is 3.12. The average molecular weight is 347 g/mol. The molecule has 0 saturated heterocycles. The van der Waals surface area contributed by atoms with Crippen LogP contribution in [-0.4, -0.2) is 28.9 Å². The van der Waals surface area contributed by atoms with Gasteiger partial charge in [-0.05, 0) is 51.0 Å². The Labute approximate surface area is 152 Å².